The van der Waals surface area contributed by atoms with E-state index in [1.54, 1.807) is 0 Å². The number of ether oxygens (including phenoxy) is 2. The Bertz CT molecular complexity index is 335. The Morgan fingerprint density at radius 1 is 1.38 bits per heavy atom. The number of alkyl halides is 1. The maximum Gasteiger partial charge on any atom is 0.319 e. The molecule has 0 bridgehead atoms. The molecule has 1 aromatic carbocycles. The van der Waals surface area contributed by atoms with Crippen molar-refractivity contribution in [3.05, 3.63) is 29.8 Å². The second kappa shape index (κ2) is 6.53. The van der Waals surface area contributed by atoms with Crippen molar-refractivity contribution >= 4 is 21.9 Å². The van der Waals surface area contributed by atoms with Gasteiger partial charge in [0.15, 0.2) is 0 Å². The highest BCUT2D eigenvalue weighted by atomic mass is 79.9. The summed E-state index contributed by atoms with van der Waals surface area (Å²) in [5.74, 6) is 0.587. The first kappa shape index (κ1) is 13.0. The Morgan fingerprint density at radius 2 is 2.00 bits per heavy atom. The molecule has 1 aromatic rings. The van der Waals surface area contributed by atoms with Gasteiger partial charge in [-0.05, 0) is 31.0 Å². The van der Waals surface area contributed by atoms with Gasteiger partial charge in [0.1, 0.15) is 10.6 Å². The highest BCUT2D eigenvalue weighted by Gasteiger charge is 2.15. The summed E-state index contributed by atoms with van der Waals surface area (Å²) in [6.07, 6.45) is 0.610. The van der Waals surface area contributed by atoms with Gasteiger partial charge >= 0.3 is 5.97 Å². The predicted molar refractivity (Wildman–Crippen MR) is 66.0 cm³/mol. The molecule has 4 heteroatoms. The second-order valence-corrected chi connectivity index (χ2v) is 4.38. The van der Waals surface area contributed by atoms with Crippen molar-refractivity contribution in [2.45, 2.75) is 18.2 Å². The summed E-state index contributed by atoms with van der Waals surface area (Å²) in [5, 5.41) is 0. The number of rotatable bonds is 5. The number of halogens is 1. The quantitative estimate of drug-likeness (QED) is 0.617. The van der Waals surface area contributed by atoms with E-state index in [0.29, 0.717) is 13.0 Å². The molecule has 16 heavy (non-hydrogen) atoms. The summed E-state index contributed by atoms with van der Waals surface area (Å²) >= 11 is 3.28. The monoisotopic (exact) mass is 286 g/mol. The molecule has 0 N–H and O–H groups in total. The van der Waals surface area contributed by atoms with Crippen LogP contribution in [0.5, 0.6) is 5.75 Å². The van der Waals surface area contributed by atoms with E-state index in [0.717, 1.165) is 11.3 Å². The average molecular weight is 287 g/mol. The number of carbonyl (C=O) groups excluding carboxylic acids is 1. The fourth-order valence-electron chi connectivity index (χ4n) is 1.31. The summed E-state index contributed by atoms with van der Waals surface area (Å²) in [6.45, 7) is 2.60. The lowest BCUT2D eigenvalue weighted by molar-refractivity contribution is -0.139. The van der Waals surface area contributed by atoms with Crippen LogP contribution in [0.15, 0.2) is 24.3 Å². The van der Waals surface area contributed by atoms with Gasteiger partial charge in [-0.25, -0.2) is 0 Å². The average Bonchev–Trinajstić information content (AvgIpc) is 2.31. The van der Waals surface area contributed by atoms with Gasteiger partial charge in [-0.3, -0.25) is 4.79 Å². The summed E-state index contributed by atoms with van der Waals surface area (Å²) in [7, 11) is 1.38. The van der Waals surface area contributed by atoms with Crippen molar-refractivity contribution < 1.29 is 14.3 Å². The minimum absolute atomic E-state index is 0.256. The molecule has 0 radical (unpaired) electrons. The van der Waals surface area contributed by atoms with Crippen LogP contribution in [0, 0.1) is 0 Å². The number of hydrogen-bond donors (Lipinski definition) is 0. The van der Waals surface area contributed by atoms with Crippen molar-refractivity contribution in [3.8, 4) is 5.75 Å². The van der Waals surface area contributed by atoms with Crippen molar-refractivity contribution in [1.82, 2.24) is 0 Å². The minimum atomic E-state index is -0.296. The molecule has 0 heterocycles. The minimum Gasteiger partial charge on any atom is -0.494 e. The molecule has 0 aliphatic heterocycles. The summed E-state index contributed by atoms with van der Waals surface area (Å²) in [4.78, 5) is 10.9. The van der Waals surface area contributed by atoms with Gasteiger partial charge in [0.2, 0.25) is 0 Å². The summed E-state index contributed by atoms with van der Waals surface area (Å²) < 4.78 is 9.97. The molecule has 0 fully saturated rings. The Morgan fingerprint density at radius 3 is 2.50 bits per heavy atom. The van der Waals surface area contributed by atoms with E-state index in [-0.39, 0.29) is 10.8 Å². The molecule has 0 spiro atoms. The number of hydrogen-bond acceptors (Lipinski definition) is 3. The molecule has 1 unspecified atom stereocenters. The van der Waals surface area contributed by atoms with Gasteiger partial charge in [0.25, 0.3) is 0 Å². The van der Waals surface area contributed by atoms with E-state index >= 15 is 0 Å². The third kappa shape index (κ3) is 3.85. The highest BCUT2D eigenvalue weighted by Crippen LogP contribution is 2.16. The zero-order valence-electron chi connectivity index (χ0n) is 9.40. The maximum atomic E-state index is 11.2. The number of methoxy groups -OCH3 is 1. The lowest BCUT2D eigenvalue weighted by Crippen LogP contribution is -2.17. The molecule has 0 amide bonds. The molecule has 0 aliphatic carbocycles. The first-order valence-corrected chi connectivity index (χ1v) is 6.02. The zero-order valence-corrected chi connectivity index (χ0v) is 11.0. The van der Waals surface area contributed by atoms with E-state index in [1.807, 2.05) is 31.2 Å². The van der Waals surface area contributed by atoms with Crippen molar-refractivity contribution in [2.75, 3.05) is 13.7 Å². The highest BCUT2D eigenvalue weighted by molar-refractivity contribution is 9.10. The van der Waals surface area contributed by atoms with Gasteiger partial charge < -0.3 is 9.47 Å². The predicted octanol–water partition coefficient (Wildman–Crippen LogP) is 2.56. The topological polar surface area (TPSA) is 35.5 Å². The molecular weight excluding hydrogens is 272 g/mol. The van der Waals surface area contributed by atoms with E-state index in [1.165, 1.54) is 7.11 Å². The van der Waals surface area contributed by atoms with Crippen LogP contribution in [-0.2, 0) is 16.0 Å². The molecule has 1 atom stereocenters. The maximum absolute atomic E-state index is 11.2. The van der Waals surface area contributed by atoms with Gasteiger partial charge in [-0.1, -0.05) is 28.1 Å². The Balaban J connectivity index is 2.58. The molecular formula is C12H15BrO3. The molecule has 1 rings (SSSR count). The Hall–Kier alpha value is -1.03. The van der Waals surface area contributed by atoms with Crippen LogP contribution in [0.4, 0.5) is 0 Å². The largest absolute Gasteiger partial charge is 0.494 e. The van der Waals surface area contributed by atoms with Gasteiger partial charge in [0.05, 0.1) is 13.7 Å². The van der Waals surface area contributed by atoms with Crippen LogP contribution in [0.1, 0.15) is 12.5 Å². The lowest BCUT2D eigenvalue weighted by Gasteiger charge is -2.08. The van der Waals surface area contributed by atoms with E-state index in [4.69, 9.17) is 4.74 Å². The smallest absolute Gasteiger partial charge is 0.319 e. The Kier molecular flexibility index (Phi) is 5.32. The standard InChI is InChI=1S/C12H15BrO3/c1-3-16-10-6-4-9(5-7-10)8-11(13)12(14)15-2/h4-7,11H,3,8H2,1-2H3. The van der Waals surface area contributed by atoms with E-state index in [2.05, 4.69) is 20.7 Å². The first-order valence-electron chi connectivity index (χ1n) is 5.11. The fraction of sp³-hybridized carbons (Fsp3) is 0.417. The van der Waals surface area contributed by atoms with Crippen molar-refractivity contribution in [3.63, 3.8) is 0 Å². The fourth-order valence-corrected chi connectivity index (χ4v) is 1.87. The molecule has 0 saturated heterocycles. The molecule has 0 aromatic heterocycles. The van der Waals surface area contributed by atoms with Crippen LogP contribution in [0.2, 0.25) is 0 Å². The molecule has 88 valence electrons. The van der Waals surface area contributed by atoms with Crippen LogP contribution < -0.4 is 4.74 Å². The van der Waals surface area contributed by atoms with Crippen LogP contribution in [0.25, 0.3) is 0 Å². The van der Waals surface area contributed by atoms with Gasteiger partial charge in [0, 0.05) is 0 Å². The lowest BCUT2D eigenvalue weighted by atomic mass is 10.1. The second-order valence-electron chi connectivity index (χ2n) is 3.27. The molecule has 0 aliphatic rings. The normalized spacial score (nSPS) is 11.9. The first-order chi connectivity index (χ1) is 7.67. The van der Waals surface area contributed by atoms with Crippen LogP contribution in [-0.4, -0.2) is 24.5 Å². The number of carbonyl (C=O) groups is 1. The van der Waals surface area contributed by atoms with E-state index in [9.17, 15) is 4.79 Å². The van der Waals surface area contributed by atoms with Gasteiger partial charge in [-0.2, -0.15) is 0 Å². The zero-order chi connectivity index (χ0) is 12.0. The number of esters is 1. The van der Waals surface area contributed by atoms with E-state index < -0.39 is 0 Å². The van der Waals surface area contributed by atoms with Crippen LogP contribution in [0.3, 0.4) is 0 Å². The molecule has 3 nitrogen and oxygen atoms in total. The summed E-state index contributed by atoms with van der Waals surface area (Å²) in [6, 6.07) is 7.69. The third-order valence-corrected chi connectivity index (χ3v) is 2.80. The van der Waals surface area contributed by atoms with Crippen molar-refractivity contribution in [1.29, 1.82) is 0 Å². The SMILES string of the molecule is CCOc1ccc(CC(Br)C(=O)OC)cc1. The van der Waals surface area contributed by atoms with Gasteiger partial charge in [-0.15, -0.1) is 0 Å². The third-order valence-electron chi connectivity index (χ3n) is 2.11. The Labute approximate surface area is 104 Å². The van der Waals surface area contributed by atoms with Crippen molar-refractivity contribution in [2.24, 2.45) is 0 Å². The number of benzene rings is 1. The molecule has 0 saturated carbocycles. The van der Waals surface area contributed by atoms with Crippen LogP contribution >= 0.6 is 15.9 Å². The summed E-state index contributed by atoms with van der Waals surface area (Å²) in [5.41, 5.74) is 1.07.